The minimum absolute atomic E-state index is 0.154. The van der Waals surface area contributed by atoms with Crippen molar-refractivity contribution in [3.05, 3.63) is 0 Å². The topological polar surface area (TPSA) is 58.4 Å². The lowest BCUT2D eigenvalue weighted by molar-refractivity contribution is -0.120. The average molecular weight is 143 g/mol. The van der Waals surface area contributed by atoms with Crippen molar-refractivity contribution in [2.75, 3.05) is 26.7 Å². The van der Waals surface area contributed by atoms with Crippen LogP contribution in [-0.4, -0.2) is 43.5 Å². The van der Waals surface area contributed by atoms with Gasteiger partial charge in [0.25, 0.3) is 0 Å². The highest BCUT2D eigenvalue weighted by atomic mass is 16.1. The fraction of sp³-hybridized carbons (Fsp3) is 0.833. The number of hydrogen-bond acceptors (Lipinski definition) is 3. The van der Waals surface area contributed by atoms with Crippen molar-refractivity contribution in [2.24, 2.45) is 5.73 Å². The highest BCUT2D eigenvalue weighted by Crippen LogP contribution is 1.93. The second-order valence-electron chi connectivity index (χ2n) is 2.67. The Balaban J connectivity index is 2.39. The summed E-state index contributed by atoms with van der Waals surface area (Å²) in [6, 6.07) is -0.154. The van der Waals surface area contributed by atoms with E-state index in [9.17, 15) is 4.79 Å². The molecule has 1 amide bonds. The smallest absolute Gasteiger partial charge is 0.235 e. The molecule has 0 aromatic carbocycles. The predicted molar refractivity (Wildman–Crippen MR) is 38.5 cm³/mol. The fourth-order valence-corrected chi connectivity index (χ4v) is 1.09. The van der Waals surface area contributed by atoms with Crippen LogP contribution >= 0.6 is 0 Å². The second-order valence-corrected chi connectivity index (χ2v) is 2.67. The van der Waals surface area contributed by atoms with Crippen LogP contribution < -0.4 is 11.1 Å². The van der Waals surface area contributed by atoms with E-state index in [1.54, 1.807) is 0 Å². The number of amides is 1. The molecule has 1 aliphatic heterocycles. The maximum Gasteiger partial charge on any atom is 0.235 e. The quantitative estimate of drug-likeness (QED) is 0.463. The Hall–Kier alpha value is -0.610. The third kappa shape index (κ3) is 1.68. The van der Waals surface area contributed by atoms with Crippen LogP contribution in [0.15, 0.2) is 0 Å². The number of piperazine rings is 1. The van der Waals surface area contributed by atoms with Gasteiger partial charge in [-0.05, 0) is 7.05 Å². The van der Waals surface area contributed by atoms with Crippen LogP contribution in [-0.2, 0) is 4.79 Å². The summed E-state index contributed by atoms with van der Waals surface area (Å²) >= 11 is 0. The molecule has 0 spiro atoms. The van der Waals surface area contributed by atoms with E-state index in [2.05, 4.69) is 10.2 Å². The van der Waals surface area contributed by atoms with E-state index < -0.39 is 0 Å². The lowest BCUT2D eigenvalue weighted by Gasteiger charge is -2.28. The number of carbonyl (C=O) groups is 1. The molecule has 1 saturated heterocycles. The maximum atomic E-state index is 10.6. The highest BCUT2D eigenvalue weighted by Gasteiger charge is 2.20. The van der Waals surface area contributed by atoms with Crippen LogP contribution in [0.2, 0.25) is 0 Å². The Morgan fingerprint density at radius 1 is 1.80 bits per heavy atom. The number of rotatable bonds is 1. The summed E-state index contributed by atoms with van der Waals surface area (Å²) in [5.74, 6) is -0.258. The van der Waals surface area contributed by atoms with Crippen LogP contribution in [0.4, 0.5) is 0 Å². The molecule has 58 valence electrons. The molecule has 4 heteroatoms. The van der Waals surface area contributed by atoms with E-state index in [-0.39, 0.29) is 11.9 Å². The van der Waals surface area contributed by atoms with Gasteiger partial charge in [0.1, 0.15) is 0 Å². The molecule has 0 aliphatic carbocycles. The molecule has 1 rings (SSSR count). The molecule has 1 aliphatic rings. The van der Waals surface area contributed by atoms with Crippen molar-refractivity contribution >= 4 is 5.91 Å². The molecule has 4 nitrogen and oxygen atoms in total. The SMILES string of the molecule is CN1CCNC(C(N)=O)C1. The molecular formula is C6H13N3O. The molecule has 1 fully saturated rings. The lowest BCUT2D eigenvalue weighted by atomic mass is 10.2. The van der Waals surface area contributed by atoms with E-state index in [1.807, 2.05) is 7.05 Å². The summed E-state index contributed by atoms with van der Waals surface area (Å²) in [7, 11) is 1.98. The van der Waals surface area contributed by atoms with Gasteiger partial charge in [-0.3, -0.25) is 4.79 Å². The first-order valence-corrected chi connectivity index (χ1v) is 3.41. The largest absolute Gasteiger partial charge is 0.368 e. The summed E-state index contributed by atoms with van der Waals surface area (Å²) < 4.78 is 0. The van der Waals surface area contributed by atoms with Crippen molar-refractivity contribution in [1.82, 2.24) is 10.2 Å². The molecule has 0 aromatic rings. The van der Waals surface area contributed by atoms with Crippen molar-refractivity contribution < 1.29 is 4.79 Å². The Labute approximate surface area is 60.4 Å². The van der Waals surface area contributed by atoms with Gasteiger partial charge in [0, 0.05) is 19.6 Å². The van der Waals surface area contributed by atoms with Crippen LogP contribution in [0.5, 0.6) is 0 Å². The zero-order valence-corrected chi connectivity index (χ0v) is 6.13. The van der Waals surface area contributed by atoms with Crippen molar-refractivity contribution in [3.8, 4) is 0 Å². The molecule has 1 heterocycles. The van der Waals surface area contributed by atoms with E-state index in [4.69, 9.17) is 5.73 Å². The third-order valence-electron chi connectivity index (χ3n) is 1.72. The first kappa shape index (κ1) is 7.50. The molecule has 10 heavy (non-hydrogen) atoms. The van der Waals surface area contributed by atoms with Gasteiger partial charge < -0.3 is 16.0 Å². The van der Waals surface area contributed by atoms with Gasteiger partial charge in [-0.1, -0.05) is 0 Å². The van der Waals surface area contributed by atoms with Gasteiger partial charge in [-0.15, -0.1) is 0 Å². The van der Waals surface area contributed by atoms with Gasteiger partial charge in [-0.2, -0.15) is 0 Å². The summed E-state index contributed by atoms with van der Waals surface area (Å²) in [5, 5.41) is 3.03. The Morgan fingerprint density at radius 3 is 2.90 bits per heavy atom. The summed E-state index contributed by atoms with van der Waals surface area (Å²) in [6.45, 7) is 2.57. The number of likely N-dealkylation sites (N-methyl/N-ethyl adjacent to an activating group) is 1. The normalized spacial score (nSPS) is 28.3. The molecular weight excluding hydrogens is 130 g/mol. The average Bonchev–Trinajstić information content (AvgIpc) is 1.88. The summed E-state index contributed by atoms with van der Waals surface area (Å²) in [4.78, 5) is 12.7. The van der Waals surface area contributed by atoms with E-state index in [1.165, 1.54) is 0 Å². The number of nitrogens with two attached hydrogens (primary N) is 1. The van der Waals surface area contributed by atoms with Crippen molar-refractivity contribution in [2.45, 2.75) is 6.04 Å². The third-order valence-corrected chi connectivity index (χ3v) is 1.72. The van der Waals surface area contributed by atoms with Gasteiger partial charge >= 0.3 is 0 Å². The molecule has 0 radical (unpaired) electrons. The number of nitrogens with zero attached hydrogens (tertiary/aromatic N) is 1. The fourth-order valence-electron chi connectivity index (χ4n) is 1.09. The zero-order valence-electron chi connectivity index (χ0n) is 6.13. The van der Waals surface area contributed by atoms with Gasteiger partial charge in [-0.25, -0.2) is 0 Å². The number of nitrogens with one attached hydrogen (secondary N) is 1. The second kappa shape index (κ2) is 2.98. The molecule has 0 aromatic heterocycles. The van der Waals surface area contributed by atoms with Crippen LogP contribution in [0.25, 0.3) is 0 Å². The minimum Gasteiger partial charge on any atom is -0.368 e. The highest BCUT2D eigenvalue weighted by molar-refractivity contribution is 5.80. The molecule has 1 unspecified atom stereocenters. The Kier molecular flexibility index (Phi) is 2.24. The molecule has 3 N–H and O–H groups in total. The summed E-state index contributed by atoms with van der Waals surface area (Å²) in [6.07, 6.45) is 0. The van der Waals surface area contributed by atoms with E-state index in [0.717, 1.165) is 19.6 Å². The number of hydrogen-bond donors (Lipinski definition) is 2. The maximum absolute atomic E-state index is 10.6. The first-order chi connectivity index (χ1) is 4.70. The molecule has 0 saturated carbocycles. The van der Waals surface area contributed by atoms with Crippen LogP contribution in [0.1, 0.15) is 0 Å². The van der Waals surface area contributed by atoms with Crippen LogP contribution in [0.3, 0.4) is 0 Å². The molecule has 0 bridgehead atoms. The first-order valence-electron chi connectivity index (χ1n) is 3.41. The van der Waals surface area contributed by atoms with Gasteiger partial charge in [0.05, 0.1) is 6.04 Å². The van der Waals surface area contributed by atoms with Crippen molar-refractivity contribution in [1.29, 1.82) is 0 Å². The molecule has 1 atom stereocenters. The van der Waals surface area contributed by atoms with Crippen LogP contribution in [0, 0.1) is 0 Å². The number of primary amides is 1. The zero-order chi connectivity index (χ0) is 7.56. The Morgan fingerprint density at radius 2 is 2.50 bits per heavy atom. The van der Waals surface area contributed by atoms with Crippen molar-refractivity contribution in [3.63, 3.8) is 0 Å². The van der Waals surface area contributed by atoms with E-state index >= 15 is 0 Å². The lowest BCUT2D eigenvalue weighted by Crippen LogP contribution is -2.54. The minimum atomic E-state index is -0.258. The van der Waals surface area contributed by atoms with E-state index in [0.29, 0.717) is 0 Å². The standard InChI is InChI=1S/C6H13N3O/c1-9-3-2-8-5(4-9)6(7)10/h5,8H,2-4H2,1H3,(H2,7,10). The predicted octanol–water partition coefficient (Wildman–Crippen LogP) is -1.62. The monoisotopic (exact) mass is 143 g/mol. The van der Waals surface area contributed by atoms with Gasteiger partial charge in [0.15, 0.2) is 0 Å². The van der Waals surface area contributed by atoms with Gasteiger partial charge in [0.2, 0.25) is 5.91 Å². The number of carbonyl (C=O) groups excluding carboxylic acids is 1. The summed E-state index contributed by atoms with van der Waals surface area (Å²) in [5.41, 5.74) is 5.10. The Bertz CT molecular complexity index is 137.